The summed E-state index contributed by atoms with van der Waals surface area (Å²) in [6.07, 6.45) is 1.40. The summed E-state index contributed by atoms with van der Waals surface area (Å²) in [6.45, 7) is 0. The first-order valence-corrected chi connectivity index (χ1v) is 4.43. The predicted molar refractivity (Wildman–Crippen MR) is 51.5 cm³/mol. The summed E-state index contributed by atoms with van der Waals surface area (Å²) in [4.78, 5) is 24.2. The zero-order valence-electron chi connectivity index (χ0n) is 6.70. The van der Waals surface area contributed by atoms with E-state index in [1.54, 1.807) is 0 Å². The highest BCUT2D eigenvalue weighted by Gasteiger charge is 2.14. The molecule has 6 heteroatoms. The average molecular weight is 258 g/mol. The Balaban J connectivity index is 2.89. The molecule has 0 bridgehead atoms. The van der Waals surface area contributed by atoms with E-state index in [9.17, 15) is 9.59 Å². The number of furan rings is 1. The van der Waals surface area contributed by atoms with Gasteiger partial charge in [0, 0.05) is 12.3 Å². The molecule has 2 aromatic heterocycles. The normalized spacial score (nSPS) is 10.6. The van der Waals surface area contributed by atoms with Gasteiger partial charge in [-0.25, -0.2) is 4.79 Å². The molecule has 0 fully saturated rings. The number of carboxylic acid groups (broad SMARTS) is 1. The molecular weight excluding hydrogens is 254 g/mol. The molecule has 5 nitrogen and oxygen atoms in total. The van der Waals surface area contributed by atoms with E-state index in [4.69, 9.17) is 9.52 Å². The maximum atomic E-state index is 11.2. The molecule has 14 heavy (non-hydrogen) atoms. The molecule has 0 aromatic carbocycles. The topological polar surface area (TPSA) is 83.3 Å². The summed E-state index contributed by atoms with van der Waals surface area (Å²) >= 11 is 3.14. The first kappa shape index (κ1) is 9.01. The van der Waals surface area contributed by atoms with Crippen LogP contribution >= 0.6 is 15.9 Å². The first-order valence-electron chi connectivity index (χ1n) is 3.63. The van der Waals surface area contributed by atoms with Crippen LogP contribution in [0.2, 0.25) is 0 Å². The molecule has 2 rings (SSSR count). The van der Waals surface area contributed by atoms with Crippen LogP contribution in [0.4, 0.5) is 0 Å². The molecule has 2 aromatic rings. The fourth-order valence-corrected chi connectivity index (χ4v) is 1.52. The third-order valence-electron chi connectivity index (χ3n) is 1.73. The van der Waals surface area contributed by atoms with Crippen molar-refractivity contribution in [3.63, 3.8) is 0 Å². The van der Waals surface area contributed by atoms with Gasteiger partial charge in [-0.05, 0) is 15.9 Å². The number of hydrogen-bond acceptors (Lipinski definition) is 3. The molecule has 0 aliphatic rings. The quantitative estimate of drug-likeness (QED) is 0.813. The highest BCUT2D eigenvalue weighted by atomic mass is 79.9. The second-order valence-electron chi connectivity index (χ2n) is 2.62. The Morgan fingerprint density at radius 1 is 1.57 bits per heavy atom. The van der Waals surface area contributed by atoms with Crippen molar-refractivity contribution in [1.29, 1.82) is 0 Å². The summed E-state index contributed by atoms with van der Waals surface area (Å²) in [5.41, 5.74) is -0.134. The van der Waals surface area contributed by atoms with Crippen LogP contribution in [0.1, 0.15) is 10.6 Å². The van der Waals surface area contributed by atoms with Crippen LogP contribution in [0.3, 0.4) is 0 Å². The van der Waals surface area contributed by atoms with Crippen molar-refractivity contribution in [2.45, 2.75) is 0 Å². The van der Waals surface area contributed by atoms with Gasteiger partial charge in [0.05, 0.1) is 9.86 Å². The zero-order chi connectivity index (χ0) is 10.3. The highest BCUT2D eigenvalue weighted by Crippen LogP contribution is 2.23. The Kier molecular flexibility index (Phi) is 1.92. The van der Waals surface area contributed by atoms with E-state index in [-0.39, 0.29) is 22.3 Å². The molecule has 0 aliphatic heterocycles. The summed E-state index contributed by atoms with van der Waals surface area (Å²) in [5, 5.41) is 8.87. The van der Waals surface area contributed by atoms with Crippen LogP contribution < -0.4 is 5.56 Å². The maximum absolute atomic E-state index is 11.2. The molecule has 0 amide bonds. The highest BCUT2D eigenvalue weighted by molar-refractivity contribution is 9.10. The van der Waals surface area contributed by atoms with Crippen molar-refractivity contribution < 1.29 is 14.3 Å². The van der Waals surface area contributed by atoms with Crippen molar-refractivity contribution in [3.8, 4) is 0 Å². The molecule has 0 spiro atoms. The maximum Gasteiger partial charge on any atom is 0.371 e. The van der Waals surface area contributed by atoms with E-state index in [1.165, 1.54) is 12.3 Å². The number of fused-ring (bicyclic) bond motifs is 1. The van der Waals surface area contributed by atoms with Gasteiger partial charge in [0.2, 0.25) is 5.76 Å². The van der Waals surface area contributed by atoms with E-state index in [0.717, 1.165) is 0 Å². The molecule has 0 radical (unpaired) electrons. The number of H-pyrrole nitrogens is 1. The lowest BCUT2D eigenvalue weighted by Crippen LogP contribution is -2.03. The number of rotatable bonds is 1. The van der Waals surface area contributed by atoms with Gasteiger partial charge in [-0.15, -0.1) is 0 Å². The minimum Gasteiger partial charge on any atom is -0.475 e. The molecule has 0 saturated heterocycles. The van der Waals surface area contributed by atoms with Crippen molar-refractivity contribution in [3.05, 3.63) is 32.8 Å². The Morgan fingerprint density at radius 3 is 2.86 bits per heavy atom. The minimum absolute atomic E-state index is 0.219. The number of nitrogens with one attached hydrogen (secondary N) is 1. The lowest BCUT2D eigenvalue weighted by atomic mass is 10.3. The summed E-state index contributed by atoms with van der Waals surface area (Å²) < 4.78 is 5.49. The average Bonchev–Trinajstić information content (AvgIpc) is 2.57. The van der Waals surface area contributed by atoms with Gasteiger partial charge >= 0.3 is 5.97 Å². The van der Waals surface area contributed by atoms with Crippen LogP contribution in [0.15, 0.2) is 25.9 Å². The molecule has 2 heterocycles. The Labute approximate surface area is 85.5 Å². The Morgan fingerprint density at radius 2 is 2.29 bits per heavy atom. The third-order valence-corrected chi connectivity index (χ3v) is 2.32. The second-order valence-corrected chi connectivity index (χ2v) is 3.48. The molecule has 72 valence electrons. The number of halogens is 1. The summed E-state index contributed by atoms with van der Waals surface area (Å²) in [6, 6.07) is 1.20. The minimum atomic E-state index is -1.20. The molecule has 0 unspecified atom stereocenters. The summed E-state index contributed by atoms with van der Waals surface area (Å²) in [7, 11) is 0. The van der Waals surface area contributed by atoms with Gasteiger partial charge < -0.3 is 14.5 Å². The molecule has 2 N–H and O–H groups in total. The fraction of sp³-hybridized carbons (Fsp3) is 0. The van der Waals surface area contributed by atoms with Gasteiger partial charge in [-0.2, -0.15) is 0 Å². The van der Waals surface area contributed by atoms with Gasteiger partial charge in [-0.3, -0.25) is 4.79 Å². The van der Waals surface area contributed by atoms with Crippen molar-refractivity contribution >= 4 is 32.9 Å². The van der Waals surface area contributed by atoms with Gasteiger partial charge in [0.1, 0.15) is 0 Å². The standard InChI is InChI=1S/C8H4BrNO4/c9-4-2-10-7(11)3-1-5(8(12)13)14-6(3)4/h1-2H,(H,10,11)(H,12,13). The molecule has 0 atom stereocenters. The van der Waals surface area contributed by atoms with Crippen LogP contribution in [-0.4, -0.2) is 16.1 Å². The number of pyridine rings is 1. The van der Waals surface area contributed by atoms with Crippen LogP contribution in [-0.2, 0) is 0 Å². The number of aromatic nitrogens is 1. The summed E-state index contributed by atoms with van der Waals surface area (Å²) in [5.74, 6) is -1.45. The molecule has 0 aliphatic carbocycles. The van der Waals surface area contributed by atoms with Gasteiger partial charge in [0.15, 0.2) is 5.58 Å². The number of carboxylic acids is 1. The lowest BCUT2D eigenvalue weighted by Gasteiger charge is -1.89. The van der Waals surface area contributed by atoms with Crippen LogP contribution in [0.25, 0.3) is 11.0 Å². The van der Waals surface area contributed by atoms with E-state index in [2.05, 4.69) is 20.9 Å². The van der Waals surface area contributed by atoms with Crippen molar-refractivity contribution in [2.75, 3.05) is 0 Å². The van der Waals surface area contributed by atoms with Crippen molar-refractivity contribution in [2.24, 2.45) is 0 Å². The second kappa shape index (κ2) is 2.98. The number of aromatic carboxylic acids is 1. The number of aromatic amines is 1. The molecule has 0 saturated carbocycles. The Hall–Kier alpha value is -1.56. The van der Waals surface area contributed by atoms with E-state index >= 15 is 0 Å². The van der Waals surface area contributed by atoms with E-state index in [0.29, 0.717) is 4.47 Å². The predicted octanol–water partition coefficient (Wildman–Crippen LogP) is 1.58. The smallest absolute Gasteiger partial charge is 0.371 e. The van der Waals surface area contributed by atoms with Crippen molar-refractivity contribution in [1.82, 2.24) is 4.98 Å². The van der Waals surface area contributed by atoms with Gasteiger partial charge in [0.25, 0.3) is 5.56 Å². The third kappa shape index (κ3) is 1.24. The van der Waals surface area contributed by atoms with E-state index in [1.807, 2.05) is 0 Å². The SMILES string of the molecule is O=C(O)c1cc2c(=O)[nH]cc(Br)c2o1. The number of carbonyl (C=O) groups is 1. The largest absolute Gasteiger partial charge is 0.475 e. The fourth-order valence-electron chi connectivity index (χ4n) is 1.11. The van der Waals surface area contributed by atoms with Crippen LogP contribution in [0.5, 0.6) is 0 Å². The van der Waals surface area contributed by atoms with E-state index < -0.39 is 5.97 Å². The Bertz CT molecular complexity index is 568. The van der Waals surface area contributed by atoms with Crippen LogP contribution in [0, 0.1) is 0 Å². The number of hydrogen-bond donors (Lipinski definition) is 2. The monoisotopic (exact) mass is 257 g/mol. The van der Waals surface area contributed by atoms with Gasteiger partial charge in [-0.1, -0.05) is 0 Å². The first-order chi connectivity index (χ1) is 6.59. The molecular formula is C8H4BrNO4. The lowest BCUT2D eigenvalue weighted by molar-refractivity contribution is 0.0665. The zero-order valence-corrected chi connectivity index (χ0v) is 8.29.